The molecule has 136 valence electrons. The van der Waals surface area contributed by atoms with Crippen LogP contribution in [0, 0.1) is 12.8 Å². The number of nitrogens with one attached hydrogen (secondary N) is 1. The lowest BCUT2D eigenvalue weighted by atomic mass is 10.2. The molecule has 0 aromatic heterocycles. The Labute approximate surface area is 149 Å². The first-order chi connectivity index (χ1) is 11.0. The molecule has 0 heterocycles. The number of aryl methyl sites for hydroxylation is 1. The van der Waals surface area contributed by atoms with Crippen LogP contribution in [0.15, 0.2) is 12.1 Å². The van der Waals surface area contributed by atoms with Crippen molar-refractivity contribution >= 4 is 33.2 Å². The van der Waals surface area contributed by atoms with Crippen LogP contribution in [0.25, 0.3) is 0 Å². The van der Waals surface area contributed by atoms with Gasteiger partial charge in [0, 0.05) is 30.6 Å². The van der Waals surface area contributed by atoms with Crippen LogP contribution in [0.5, 0.6) is 5.75 Å². The SMILES string of the molecule is COc1cc(Cl)c(C)cc1NC(=O)CCN(CC(C)C)S(C)(=O)=O. The number of ether oxygens (including phenoxy) is 1. The monoisotopic (exact) mass is 376 g/mol. The van der Waals surface area contributed by atoms with E-state index in [-0.39, 0.29) is 24.8 Å². The van der Waals surface area contributed by atoms with Crippen molar-refractivity contribution in [1.29, 1.82) is 0 Å². The zero-order valence-electron chi connectivity index (χ0n) is 14.7. The van der Waals surface area contributed by atoms with Crippen molar-refractivity contribution in [1.82, 2.24) is 4.31 Å². The summed E-state index contributed by atoms with van der Waals surface area (Å²) >= 11 is 6.04. The van der Waals surface area contributed by atoms with Gasteiger partial charge >= 0.3 is 0 Å². The molecule has 0 aliphatic heterocycles. The summed E-state index contributed by atoms with van der Waals surface area (Å²) in [6, 6.07) is 3.36. The molecule has 1 N–H and O–H groups in total. The molecule has 0 aliphatic rings. The third-order valence-corrected chi connectivity index (χ3v) is 5.06. The van der Waals surface area contributed by atoms with E-state index in [1.807, 2.05) is 20.8 Å². The van der Waals surface area contributed by atoms with Crippen molar-refractivity contribution in [3.63, 3.8) is 0 Å². The van der Waals surface area contributed by atoms with Crippen LogP contribution < -0.4 is 10.1 Å². The molecular weight excluding hydrogens is 352 g/mol. The molecule has 6 nitrogen and oxygen atoms in total. The molecule has 1 amide bonds. The van der Waals surface area contributed by atoms with Gasteiger partial charge in [0.1, 0.15) is 5.75 Å². The van der Waals surface area contributed by atoms with Gasteiger partial charge in [-0.3, -0.25) is 4.79 Å². The smallest absolute Gasteiger partial charge is 0.225 e. The summed E-state index contributed by atoms with van der Waals surface area (Å²) in [7, 11) is -1.85. The number of anilines is 1. The highest BCUT2D eigenvalue weighted by Gasteiger charge is 2.19. The summed E-state index contributed by atoms with van der Waals surface area (Å²) in [6.45, 7) is 6.21. The van der Waals surface area contributed by atoms with Gasteiger partial charge in [0.15, 0.2) is 0 Å². The second-order valence-electron chi connectivity index (χ2n) is 6.11. The van der Waals surface area contributed by atoms with Gasteiger partial charge in [-0.1, -0.05) is 25.4 Å². The quantitative estimate of drug-likeness (QED) is 0.756. The molecule has 0 aliphatic carbocycles. The minimum Gasteiger partial charge on any atom is -0.495 e. The molecule has 0 radical (unpaired) electrons. The van der Waals surface area contributed by atoms with E-state index in [2.05, 4.69) is 5.32 Å². The van der Waals surface area contributed by atoms with Gasteiger partial charge in [0.2, 0.25) is 15.9 Å². The van der Waals surface area contributed by atoms with Gasteiger partial charge in [0.25, 0.3) is 0 Å². The average molecular weight is 377 g/mol. The van der Waals surface area contributed by atoms with E-state index < -0.39 is 10.0 Å². The molecule has 0 unspecified atom stereocenters. The Bertz CT molecular complexity index is 690. The van der Waals surface area contributed by atoms with Crippen LogP contribution in [0.3, 0.4) is 0 Å². The molecular formula is C16H25ClN2O4S. The van der Waals surface area contributed by atoms with Crippen LogP contribution in [0.1, 0.15) is 25.8 Å². The fourth-order valence-corrected chi connectivity index (χ4v) is 3.31. The third-order valence-electron chi connectivity index (χ3n) is 3.38. The highest BCUT2D eigenvalue weighted by atomic mass is 35.5. The maximum atomic E-state index is 12.2. The Morgan fingerprint density at radius 2 is 2.00 bits per heavy atom. The summed E-state index contributed by atoms with van der Waals surface area (Å²) < 4.78 is 30.1. The number of carbonyl (C=O) groups excluding carboxylic acids is 1. The number of hydrogen-bond acceptors (Lipinski definition) is 4. The molecule has 1 aromatic rings. The number of methoxy groups -OCH3 is 1. The number of nitrogens with zero attached hydrogens (tertiary/aromatic N) is 1. The minimum atomic E-state index is -3.34. The fraction of sp³-hybridized carbons (Fsp3) is 0.562. The predicted molar refractivity (Wildman–Crippen MR) is 97.2 cm³/mol. The highest BCUT2D eigenvalue weighted by Crippen LogP contribution is 2.31. The first kappa shape index (κ1) is 20.7. The Hall–Kier alpha value is -1.31. The lowest BCUT2D eigenvalue weighted by molar-refractivity contribution is -0.116. The van der Waals surface area contributed by atoms with E-state index in [0.29, 0.717) is 23.0 Å². The largest absolute Gasteiger partial charge is 0.495 e. The van der Waals surface area contributed by atoms with E-state index >= 15 is 0 Å². The Kier molecular flexibility index (Phi) is 7.51. The van der Waals surface area contributed by atoms with Crippen molar-refractivity contribution in [2.75, 3.05) is 31.8 Å². The highest BCUT2D eigenvalue weighted by molar-refractivity contribution is 7.88. The number of rotatable bonds is 8. The standard InChI is InChI=1S/C16H25ClN2O4S/c1-11(2)10-19(24(5,21)22)7-6-16(20)18-14-8-12(3)13(17)9-15(14)23-4/h8-9,11H,6-7,10H2,1-5H3,(H,18,20). The van der Waals surface area contributed by atoms with Crippen molar-refractivity contribution in [3.05, 3.63) is 22.7 Å². The molecule has 0 saturated carbocycles. The lowest BCUT2D eigenvalue weighted by Crippen LogP contribution is -2.35. The predicted octanol–water partition coefficient (Wildman–Crippen LogP) is 2.90. The second-order valence-corrected chi connectivity index (χ2v) is 8.50. The molecule has 0 saturated heterocycles. The summed E-state index contributed by atoms with van der Waals surface area (Å²) in [5, 5.41) is 3.29. The van der Waals surface area contributed by atoms with Gasteiger partial charge in [-0.25, -0.2) is 12.7 Å². The number of amides is 1. The zero-order valence-corrected chi connectivity index (χ0v) is 16.3. The van der Waals surface area contributed by atoms with Crippen LogP contribution in [0.4, 0.5) is 5.69 Å². The Morgan fingerprint density at radius 3 is 2.50 bits per heavy atom. The normalized spacial score (nSPS) is 11.8. The van der Waals surface area contributed by atoms with Gasteiger partial charge in [-0.2, -0.15) is 0 Å². The zero-order chi connectivity index (χ0) is 18.5. The molecule has 1 rings (SSSR count). The van der Waals surface area contributed by atoms with Crippen molar-refractivity contribution in [2.45, 2.75) is 27.2 Å². The summed E-state index contributed by atoms with van der Waals surface area (Å²) in [5.41, 5.74) is 1.32. The van der Waals surface area contributed by atoms with E-state index in [4.69, 9.17) is 16.3 Å². The first-order valence-electron chi connectivity index (χ1n) is 7.63. The summed E-state index contributed by atoms with van der Waals surface area (Å²) in [4.78, 5) is 12.2. The van der Waals surface area contributed by atoms with E-state index in [1.165, 1.54) is 11.4 Å². The first-order valence-corrected chi connectivity index (χ1v) is 9.86. The van der Waals surface area contributed by atoms with Gasteiger partial charge in [-0.05, 0) is 24.5 Å². The maximum Gasteiger partial charge on any atom is 0.225 e. The molecule has 0 atom stereocenters. The lowest BCUT2D eigenvalue weighted by Gasteiger charge is -2.21. The number of benzene rings is 1. The molecule has 0 bridgehead atoms. The van der Waals surface area contributed by atoms with Gasteiger partial charge in [-0.15, -0.1) is 0 Å². The van der Waals surface area contributed by atoms with Crippen molar-refractivity contribution in [3.8, 4) is 5.75 Å². The third kappa shape index (κ3) is 6.30. The summed E-state index contributed by atoms with van der Waals surface area (Å²) in [6.07, 6.45) is 1.21. The van der Waals surface area contributed by atoms with Gasteiger partial charge in [0.05, 0.1) is 19.1 Å². The van der Waals surface area contributed by atoms with Crippen LogP contribution in [-0.2, 0) is 14.8 Å². The molecule has 8 heteroatoms. The van der Waals surface area contributed by atoms with Gasteiger partial charge < -0.3 is 10.1 Å². The summed E-state index contributed by atoms with van der Waals surface area (Å²) in [5.74, 6) is 0.357. The fourth-order valence-electron chi connectivity index (χ4n) is 2.17. The van der Waals surface area contributed by atoms with E-state index in [9.17, 15) is 13.2 Å². The number of carbonyl (C=O) groups is 1. The topological polar surface area (TPSA) is 75.7 Å². The van der Waals surface area contributed by atoms with Crippen LogP contribution >= 0.6 is 11.6 Å². The Morgan fingerprint density at radius 1 is 1.38 bits per heavy atom. The van der Waals surface area contributed by atoms with E-state index in [1.54, 1.807) is 12.1 Å². The number of halogens is 1. The maximum absolute atomic E-state index is 12.2. The van der Waals surface area contributed by atoms with Crippen molar-refractivity contribution in [2.24, 2.45) is 5.92 Å². The number of sulfonamides is 1. The van der Waals surface area contributed by atoms with Crippen molar-refractivity contribution < 1.29 is 17.9 Å². The second kappa shape index (κ2) is 8.69. The molecule has 0 spiro atoms. The molecule has 24 heavy (non-hydrogen) atoms. The number of hydrogen-bond donors (Lipinski definition) is 1. The average Bonchev–Trinajstić information content (AvgIpc) is 2.45. The van der Waals surface area contributed by atoms with Crippen LogP contribution in [-0.4, -0.2) is 45.1 Å². The van der Waals surface area contributed by atoms with Crippen LogP contribution in [0.2, 0.25) is 5.02 Å². The Balaban J connectivity index is 2.77. The van der Waals surface area contributed by atoms with E-state index in [0.717, 1.165) is 11.8 Å². The molecule has 0 fully saturated rings. The minimum absolute atomic E-state index is 0.0601. The molecule has 1 aromatic carbocycles.